The molecule has 2 saturated heterocycles. The molecule has 1 aromatic rings. The maximum absolute atomic E-state index is 12.9. The first kappa shape index (κ1) is 16.9. The molecule has 3 fully saturated rings. The number of carbonyl (C=O) groups excluding carboxylic acids is 3. The highest BCUT2D eigenvalue weighted by Gasteiger charge is 2.54. The van der Waals surface area contributed by atoms with Gasteiger partial charge in [-0.2, -0.15) is 0 Å². The summed E-state index contributed by atoms with van der Waals surface area (Å²) in [6.07, 6.45) is 0.683. The van der Waals surface area contributed by atoms with Crippen molar-refractivity contribution >= 4 is 17.7 Å². The fourth-order valence-electron chi connectivity index (χ4n) is 5.21. The Labute approximate surface area is 158 Å². The molecule has 0 aromatic heterocycles. The van der Waals surface area contributed by atoms with E-state index in [1.807, 2.05) is 12.1 Å². The molecule has 0 radical (unpaired) electrons. The lowest BCUT2D eigenvalue weighted by Crippen LogP contribution is -2.52. The summed E-state index contributed by atoms with van der Waals surface area (Å²) >= 11 is 0. The second-order valence-corrected chi connectivity index (χ2v) is 8.23. The molecule has 7 nitrogen and oxygen atoms in total. The van der Waals surface area contributed by atoms with Crippen molar-refractivity contribution in [3.8, 4) is 0 Å². The van der Waals surface area contributed by atoms with Crippen LogP contribution < -0.4 is 10.6 Å². The van der Waals surface area contributed by atoms with E-state index in [2.05, 4.69) is 28.6 Å². The van der Waals surface area contributed by atoms with E-state index in [0.717, 1.165) is 42.6 Å². The van der Waals surface area contributed by atoms with Crippen molar-refractivity contribution in [1.29, 1.82) is 0 Å². The number of carbonyl (C=O) groups is 3. The maximum Gasteiger partial charge on any atom is 0.255 e. The van der Waals surface area contributed by atoms with E-state index < -0.39 is 6.04 Å². The second-order valence-electron chi connectivity index (χ2n) is 8.23. The second kappa shape index (κ2) is 6.14. The van der Waals surface area contributed by atoms with Crippen LogP contribution in [-0.2, 0) is 22.7 Å². The Kier molecular flexibility index (Phi) is 3.84. The molecule has 3 heterocycles. The average molecular weight is 368 g/mol. The summed E-state index contributed by atoms with van der Waals surface area (Å²) in [6, 6.07) is 5.95. The van der Waals surface area contributed by atoms with Gasteiger partial charge in [-0.05, 0) is 55.6 Å². The van der Waals surface area contributed by atoms with Gasteiger partial charge in [0, 0.05) is 31.1 Å². The molecule has 0 bridgehead atoms. The number of amides is 3. The Bertz CT molecular complexity index is 829. The molecule has 27 heavy (non-hydrogen) atoms. The minimum atomic E-state index is -0.554. The van der Waals surface area contributed by atoms with Crippen LogP contribution in [0.5, 0.6) is 0 Å². The number of nitrogens with one attached hydrogen (secondary N) is 2. The molecule has 2 N–H and O–H groups in total. The SMILES string of the molecule is CN(Cc1cccc2c1CN(C1CCC(=O)NC1=O)C2=O)C1[C@H]2CNC[C@@H]12. The third-order valence-corrected chi connectivity index (χ3v) is 6.65. The Morgan fingerprint density at radius 3 is 2.70 bits per heavy atom. The van der Waals surface area contributed by atoms with Crippen LogP contribution in [0.1, 0.15) is 34.3 Å². The highest BCUT2D eigenvalue weighted by atomic mass is 16.2. The van der Waals surface area contributed by atoms with Gasteiger partial charge in [0.15, 0.2) is 0 Å². The smallest absolute Gasteiger partial charge is 0.255 e. The molecular formula is C20H24N4O3. The van der Waals surface area contributed by atoms with E-state index in [9.17, 15) is 14.4 Å². The van der Waals surface area contributed by atoms with E-state index in [1.165, 1.54) is 0 Å². The normalized spacial score (nSPS) is 31.9. The summed E-state index contributed by atoms with van der Waals surface area (Å²) in [7, 11) is 2.16. The highest BCUT2D eigenvalue weighted by molar-refractivity contribution is 6.05. The van der Waals surface area contributed by atoms with Crippen molar-refractivity contribution < 1.29 is 14.4 Å². The number of hydrogen-bond donors (Lipinski definition) is 2. The quantitative estimate of drug-likeness (QED) is 0.737. The third-order valence-electron chi connectivity index (χ3n) is 6.65. The van der Waals surface area contributed by atoms with Crippen LogP contribution in [0.3, 0.4) is 0 Å². The molecule has 2 unspecified atom stereocenters. The van der Waals surface area contributed by atoms with Crippen LogP contribution in [0.25, 0.3) is 0 Å². The molecule has 3 amide bonds. The zero-order valence-electron chi connectivity index (χ0n) is 15.4. The Balaban J connectivity index is 1.35. The van der Waals surface area contributed by atoms with Gasteiger partial charge in [0.1, 0.15) is 6.04 Å². The molecule has 1 aromatic carbocycles. The van der Waals surface area contributed by atoms with E-state index in [-0.39, 0.29) is 24.1 Å². The van der Waals surface area contributed by atoms with Gasteiger partial charge in [0.25, 0.3) is 5.91 Å². The van der Waals surface area contributed by atoms with E-state index in [4.69, 9.17) is 0 Å². The number of fused-ring (bicyclic) bond motifs is 2. The lowest BCUT2D eigenvalue weighted by Gasteiger charge is -2.29. The largest absolute Gasteiger partial charge is 0.322 e. The van der Waals surface area contributed by atoms with Crippen LogP contribution in [0.4, 0.5) is 0 Å². The van der Waals surface area contributed by atoms with Gasteiger partial charge in [0.2, 0.25) is 11.8 Å². The van der Waals surface area contributed by atoms with Crippen molar-refractivity contribution in [2.45, 2.75) is 38.0 Å². The summed E-state index contributed by atoms with van der Waals surface area (Å²) in [6.45, 7) is 3.48. The van der Waals surface area contributed by atoms with Gasteiger partial charge in [-0.15, -0.1) is 0 Å². The van der Waals surface area contributed by atoms with Crippen molar-refractivity contribution in [2.75, 3.05) is 20.1 Å². The number of imide groups is 1. The first-order valence-corrected chi connectivity index (χ1v) is 9.71. The molecule has 1 aliphatic carbocycles. The number of piperidine rings is 2. The van der Waals surface area contributed by atoms with Crippen molar-refractivity contribution in [3.05, 3.63) is 34.9 Å². The Morgan fingerprint density at radius 1 is 1.19 bits per heavy atom. The van der Waals surface area contributed by atoms with Crippen LogP contribution in [-0.4, -0.2) is 59.7 Å². The predicted molar refractivity (Wildman–Crippen MR) is 97.6 cm³/mol. The van der Waals surface area contributed by atoms with Crippen molar-refractivity contribution in [1.82, 2.24) is 20.4 Å². The minimum Gasteiger partial charge on any atom is -0.322 e. The van der Waals surface area contributed by atoms with Crippen LogP contribution in [0.2, 0.25) is 0 Å². The van der Waals surface area contributed by atoms with E-state index in [1.54, 1.807) is 4.90 Å². The summed E-state index contributed by atoms with van der Waals surface area (Å²) in [4.78, 5) is 40.6. The fraction of sp³-hybridized carbons (Fsp3) is 0.550. The van der Waals surface area contributed by atoms with Gasteiger partial charge in [-0.1, -0.05) is 12.1 Å². The molecule has 142 valence electrons. The zero-order valence-corrected chi connectivity index (χ0v) is 15.4. The van der Waals surface area contributed by atoms with Gasteiger partial charge in [-0.3, -0.25) is 24.6 Å². The molecule has 4 atom stereocenters. The van der Waals surface area contributed by atoms with Crippen LogP contribution >= 0.6 is 0 Å². The summed E-state index contributed by atoms with van der Waals surface area (Å²) < 4.78 is 0. The third kappa shape index (κ3) is 2.68. The van der Waals surface area contributed by atoms with Crippen molar-refractivity contribution in [2.24, 2.45) is 11.8 Å². The van der Waals surface area contributed by atoms with Gasteiger partial charge < -0.3 is 10.2 Å². The molecule has 4 aliphatic rings. The van der Waals surface area contributed by atoms with Gasteiger partial charge >= 0.3 is 0 Å². The lowest BCUT2D eigenvalue weighted by molar-refractivity contribution is -0.136. The molecule has 7 heteroatoms. The Morgan fingerprint density at radius 2 is 1.96 bits per heavy atom. The van der Waals surface area contributed by atoms with Gasteiger partial charge in [-0.25, -0.2) is 0 Å². The maximum atomic E-state index is 12.9. The van der Waals surface area contributed by atoms with Crippen LogP contribution in [0, 0.1) is 11.8 Å². The van der Waals surface area contributed by atoms with Gasteiger partial charge in [0.05, 0.1) is 0 Å². The first-order valence-electron chi connectivity index (χ1n) is 9.71. The fourth-order valence-corrected chi connectivity index (χ4v) is 5.21. The number of nitrogens with zero attached hydrogens (tertiary/aromatic N) is 2. The topological polar surface area (TPSA) is 81.8 Å². The standard InChI is InChI=1S/C20H24N4O3/c1-23(18-13-7-21-8-14(13)18)9-11-3-2-4-12-15(11)10-24(20(12)27)16-5-6-17(25)22-19(16)26/h2-4,13-14,16,18,21H,5-10H2,1H3,(H,22,25,26)/t13-,14+,16?,18?. The number of rotatable bonds is 4. The van der Waals surface area contributed by atoms with E-state index in [0.29, 0.717) is 24.6 Å². The summed E-state index contributed by atoms with van der Waals surface area (Å²) in [5.41, 5.74) is 2.89. The number of hydrogen-bond acceptors (Lipinski definition) is 5. The first-order chi connectivity index (χ1) is 13.0. The lowest BCUT2D eigenvalue weighted by atomic mass is 10.0. The zero-order chi connectivity index (χ0) is 18.7. The molecule has 3 aliphatic heterocycles. The van der Waals surface area contributed by atoms with E-state index >= 15 is 0 Å². The Hall–Kier alpha value is -2.25. The number of benzene rings is 1. The van der Waals surface area contributed by atoms with Crippen molar-refractivity contribution in [3.63, 3.8) is 0 Å². The monoisotopic (exact) mass is 368 g/mol. The molecular weight excluding hydrogens is 344 g/mol. The predicted octanol–water partition coefficient (Wildman–Crippen LogP) is 0.0972. The molecule has 5 rings (SSSR count). The molecule has 1 saturated carbocycles. The summed E-state index contributed by atoms with van der Waals surface area (Å²) in [5.74, 6) is 0.801. The minimum absolute atomic E-state index is 0.100. The molecule has 0 spiro atoms. The van der Waals surface area contributed by atoms with Crippen LogP contribution in [0.15, 0.2) is 18.2 Å². The summed E-state index contributed by atoms with van der Waals surface area (Å²) in [5, 5.41) is 5.79. The average Bonchev–Trinajstić information content (AvgIpc) is 2.96. The highest BCUT2D eigenvalue weighted by Crippen LogP contribution is 2.45.